The van der Waals surface area contributed by atoms with Gasteiger partial charge in [0.15, 0.2) is 0 Å². The molecule has 0 spiro atoms. The Bertz CT molecular complexity index is 782. The van der Waals surface area contributed by atoms with Crippen LogP contribution in [-0.4, -0.2) is 31.1 Å². The van der Waals surface area contributed by atoms with Gasteiger partial charge in [-0.05, 0) is 62.5 Å². The van der Waals surface area contributed by atoms with Crippen LogP contribution in [0.2, 0.25) is 0 Å². The predicted octanol–water partition coefficient (Wildman–Crippen LogP) is 3.51. The van der Waals surface area contributed by atoms with Crippen LogP contribution in [0.15, 0.2) is 41.6 Å². The van der Waals surface area contributed by atoms with Crippen LogP contribution in [0, 0.1) is 0 Å². The van der Waals surface area contributed by atoms with Gasteiger partial charge in [-0.15, -0.1) is 0 Å². The number of rotatable bonds is 3. The zero-order valence-corrected chi connectivity index (χ0v) is 15.2. The molecule has 3 rings (SSSR count). The molecular formula is C19H24BNO3. The average Bonchev–Trinajstić information content (AvgIpc) is 2.74. The lowest BCUT2D eigenvalue weighted by Gasteiger charge is -2.32. The lowest BCUT2D eigenvalue weighted by atomic mass is 9.74. The predicted molar refractivity (Wildman–Crippen MR) is 98.9 cm³/mol. The van der Waals surface area contributed by atoms with Crippen LogP contribution in [0.4, 0.5) is 0 Å². The molecule has 0 saturated carbocycles. The molecule has 2 aromatic carbocycles. The van der Waals surface area contributed by atoms with Gasteiger partial charge >= 0.3 is 7.12 Å². The normalized spacial score (nSPS) is 19.8. The van der Waals surface area contributed by atoms with E-state index in [1.165, 1.54) is 0 Å². The van der Waals surface area contributed by atoms with Crippen molar-refractivity contribution in [2.24, 2.45) is 5.16 Å². The van der Waals surface area contributed by atoms with Crippen LogP contribution >= 0.6 is 0 Å². The van der Waals surface area contributed by atoms with E-state index in [2.05, 4.69) is 57.1 Å². The second-order valence-corrected chi connectivity index (χ2v) is 7.23. The van der Waals surface area contributed by atoms with E-state index in [-0.39, 0.29) is 11.2 Å². The Morgan fingerprint density at radius 1 is 1.00 bits per heavy atom. The summed E-state index contributed by atoms with van der Waals surface area (Å²) in [5.41, 5.74) is 1.99. The van der Waals surface area contributed by atoms with Crippen molar-refractivity contribution in [3.63, 3.8) is 0 Å². The summed E-state index contributed by atoms with van der Waals surface area (Å²) in [6.07, 6.45) is 0. The van der Waals surface area contributed by atoms with Gasteiger partial charge in [-0.25, -0.2) is 0 Å². The van der Waals surface area contributed by atoms with Gasteiger partial charge in [0, 0.05) is 0 Å². The van der Waals surface area contributed by atoms with Gasteiger partial charge in [0.05, 0.1) is 16.9 Å². The Balaban J connectivity index is 2.16. The van der Waals surface area contributed by atoms with Crippen molar-refractivity contribution < 1.29 is 14.1 Å². The van der Waals surface area contributed by atoms with Crippen LogP contribution in [0.3, 0.4) is 0 Å². The number of oxime groups is 1. The molecule has 0 bridgehead atoms. The molecular weight excluding hydrogens is 301 g/mol. The van der Waals surface area contributed by atoms with Crippen LogP contribution < -0.4 is 5.46 Å². The highest BCUT2D eigenvalue weighted by Gasteiger charge is 2.52. The summed E-state index contributed by atoms with van der Waals surface area (Å²) in [6.45, 7) is 10.2. The largest absolute Gasteiger partial charge is 0.495 e. The van der Waals surface area contributed by atoms with Gasteiger partial charge in [0.1, 0.15) is 7.11 Å². The number of fused-ring (bicyclic) bond motifs is 1. The molecule has 4 nitrogen and oxygen atoms in total. The Labute approximate surface area is 143 Å². The maximum absolute atomic E-state index is 6.25. The topological polar surface area (TPSA) is 40.0 Å². The maximum Gasteiger partial charge on any atom is 0.495 e. The van der Waals surface area contributed by atoms with E-state index < -0.39 is 7.12 Å². The molecule has 2 aromatic rings. The fourth-order valence-corrected chi connectivity index (χ4v) is 2.92. The van der Waals surface area contributed by atoms with Crippen molar-refractivity contribution >= 4 is 29.1 Å². The SMILES string of the molecule is CO/N=C(\C)c1cc2ccccc2cc1B1OC(C)(C)C(C)(C)O1. The zero-order chi connectivity index (χ0) is 17.5. The van der Waals surface area contributed by atoms with Crippen LogP contribution in [-0.2, 0) is 14.1 Å². The molecule has 1 aliphatic heterocycles. The third-order valence-corrected chi connectivity index (χ3v) is 5.04. The fourth-order valence-electron chi connectivity index (χ4n) is 2.92. The third kappa shape index (κ3) is 2.83. The summed E-state index contributed by atoms with van der Waals surface area (Å²) < 4.78 is 12.5. The lowest BCUT2D eigenvalue weighted by molar-refractivity contribution is 0.00578. The Hall–Kier alpha value is -1.85. The van der Waals surface area contributed by atoms with Crippen LogP contribution in [0.5, 0.6) is 0 Å². The molecule has 24 heavy (non-hydrogen) atoms. The fraction of sp³-hybridized carbons (Fsp3) is 0.421. The molecule has 0 radical (unpaired) electrons. The van der Waals surface area contributed by atoms with E-state index in [0.29, 0.717) is 0 Å². The maximum atomic E-state index is 6.25. The second-order valence-electron chi connectivity index (χ2n) is 7.23. The number of hydrogen-bond donors (Lipinski definition) is 0. The molecule has 0 atom stereocenters. The van der Waals surface area contributed by atoms with Gasteiger partial charge in [-0.3, -0.25) is 0 Å². The first kappa shape index (κ1) is 17.0. The minimum absolute atomic E-state index is 0.382. The summed E-state index contributed by atoms with van der Waals surface area (Å²) in [5.74, 6) is 0. The van der Waals surface area contributed by atoms with E-state index >= 15 is 0 Å². The standard InChI is InChI=1S/C19H24BNO3/c1-13(21-22-6)16-11-14-9-7-8-10-15(14)12-17(16)20-23-18(2,3)19(4,5)24-20/h7-12H,1-6H3/b21-13+. The molecule has 0 aliphatic carbocycles. The van der Waals surface area contributed by atoms with Crippen molar-refractivity contribution in [2.75, 3.05) is 7.11 Å². The molecule has 0 amide bonds. The molecule has 5 heteroatoms. The van der Waals surface area contributed by atoms with Crippen molar-refractivity contribution in [3.8, 4) is 0 Å². The van der Waals surface area contributed by atoms with Gasteiger partial charge in [-0.1, -0.05) is 35.5 Å². The monoisotopic (exact) mass is 325 g/mol. The smallest absolute Gasteiger partial charge is 0.399 e. The molecule has 126 valence electrons. The Morgan fingerprint density at radius 3 is 2.08 bits per heavy atom. The zero-order valence-electron chi connectivity index (χ0n) is 15.2. The highest BCUT2D eigenvalue weighted by atomic mass is 16.7. The lowest BCUT2D eigenvalue weighted by Crippen LogP contribution is -2.41. The number of nitrogens with zero attached hydrogens (tertiary/aromatic N) is 1. The quantitative estimate of drug-likeness (QED) is 0.492. The first-order chi connectivity index (χ1) is 11.2. The highest BCUT2D eigenvalue weighted by Crippen LogP contribution is 2.37. The van der Waals surface area contributed by atoms with Crippen molar-refractivity contribution in [3.05, 3.63) is 42.0 Å². The summed E-state index contributed by atoms with van der Waals surface area (Å²) in [6, 6.07) is 12.5. The second kappa shape index (κ2) is 5.90. The van der Waals surface area contributed by atoms with Crippen molar-refractivity contribution in [2.45, 2.75) is 45.8 Å². The van der Waals surface area contributed by atoms with E-state index in [1.54, 1.807) is 7.11 Å². The van der Waals surface area contributed by atoms with Gasteiger partial charge in [-0.2, -0.15) is 0 Å². The highest BCUT2D eigenvalue weighted by molar-refractivity contribution is 6.64. The van der Waals surface area contributed by atoms with Crippen molar-refractivity contribution in [1.29, 1.82) is 0 Å². The molecule has 0 aromatic heterocycles. The first-order valence-corrected chi connectivity index (χ1v) is 8.21. The minimum atomic E-state index is -0.434. The van der Waals surface area contributed by atoms with Crippen LogP contribution in [0.25, 0.3) is 10.8 Å². The molecule has 0 unspecified atom stereocenters. The number of hydrogen-bond acceptors (Lipinski definition) is 4. The third-order valence-electron chi connectivity index (χ3n) is 5.04. The van der Waals surface area contributed by atoms with E-state index in [4.69, 9.17) is 14.1 Å². The van der Waals surface area contributed by atoms with Gasteiger partial charge < -0.3 is 14.1 Å². The van der Waals surface area contributed by atoms with Gasteiger partial charge in [0.2, 0.25) is 0 Å². The summed E-state index contributed by atoms with van der Waals surface area (Å²) in [4.78, 5) is 4.98. The summed E-state index contributed by atoms with van der Waals surface area (Å²) in [7, 11) is 1.12. The van der Waals surface area contributed by atoms with Gasteiger partial charge in [0.25, 0.3) is 0 Å². The van der Waals surface area contributed by atoms with E-state index in [1.807, 2.05) is 19.1 Å². The van der Waals surface area contributed by atoms with Crippen LogP contribution in [0.1, 0.15) is 40.2 Å². The van der Waals surface area contributed by atoms with E-state index in [0.717, 1.165) is 27.5 Å². The first-order valence-electron chi connectivity index (χ1n) is 8.21. The summed E-state index contributed by atoms with van der Waals surface area (Å²) >= 11 is 0. The number of benzene rings is 2. The summed E-state index contributed by atoms with van der Waals surface area (Å²) in [5, 5.41) is 6.41. The van der Waals surface area contributed by atoms with E-state index in [9.17, 15) is 0 Å². The molecule has 0 N–H and O–H groups in total. The molecule has 1 saturated heterocycles. The Kier molecular flexibility index (Phi) is 4.18. The molecule has 1 fully saturated rings. The minimum Gasteiger partial charge on any atom is -0.399 e. The average molecular weight is 325 g/mol. The molecule has 1 aliphatic rings. The Morgan fingerprint density at radius 2 is 1.54 bits per heavy atom. The van der Waals surface area contributed by atoms with Crippen molar-refractivity contribution in [1.82, 2.24) is 0 Å². The molecule has 1 heterocycles.